The van der Waals surface area contributed by atoms with Crippen molar-refractivity contribution in [2.45, 2.75) is 19.9 Å². The van der Waals surface area contributed by atoms with Gasteiger partial charge in [0.2, 0.25) is 0 Å². The van der Waals surface area contributed by atoms with Gasteiger partial charge in [-0.2, -0.15) is 0 Å². The van der Waals surface area contributed by atoms with Crippen molar-refractivity contribution in [3.63, 3.8) is 0 Å². The molecule has 4 heteroatoms. The predicted octanol–water partition coefficient (Wildman–Crippen LogP) is 3.52. The zero-order valence-corrected chi connectivity index (χ0v) is 12.7. The normalized spacial score (nSPS) is 12.2. The summed E-state index contributed by atoms with van der Waals surface area (Å²) in [5.74, 6) is 6.53. The summed E-state index contributed by atoms with van der Waals surface area (Å²) in [5.41, 5.74) is 7.29. The van der Waals surface area contributed by atoms with Gasteiger partial charge in [0.05, 0.1) is 13.2 Å². The first-order chi connectivity index (χ1) is 9.56. The molecule has 2 aromatic carbocycles. The molecule has 0 bridgehead atoms. The molecule has 0 heterocycles. The molecule has 0 aromatic heterocycles. The Kier molecular flexibility index (Phi) is 4.65. The molecule has 3 N–H and O–H groups in total. The van der Waals surface area contributed by atoms with Crippen LogP contribution >= 0.6 is 11.6 Å². The van der Waals surface area contributed by atoms with Crippen molar-refractivity contribution in [2.75, 3.05) is 7.11 Å². The van der Waals surface area contributed by atoms with Crippen LogP contribution in [0.3, 0.4) is 0 Å². The number of hydrogen-bond acceptors (Lipinski definition) is 3. The zero-order valence-electron chi connectivity index (χ0n) is 11.9. The van der Waals surface area contributed by atoms with E-state index in [9.17, 15) is 0 Å². The Labute approximate surface area is 124 Å². The van der Waals surface area contributed by atoms with Gasteiger partial charge in [0.25, 0.3) is 0 Å². The van der Waals surface area contributed by atoms with Gasteiger partial charge in [-0.1, -0.05) is 35.4 Å². The topological polar surface area (TPSA) is 47.3 Å². The maximum Gasteiger partial charge on any atom is 0.124 e. The van der Waals surface area contributed by atoms with Crippen molar-refractivity contribution in [1.82, 2.24) is 5.43 Å². The van der Waals surface area contributed by atoms with Crippen molar-refractivity contribution in [2.24, 2.45) is 5.84 Å². The van der Waals surface area contributed by atoms with Crippen LogP contribution in [-0.4, -0.2) is 7.11 Å². The fraction of sp³-hybridized carbons (Fsp3) is 0.250. The van der Waals surface area contributed by atoms with Crippen molar-refractivity contribution in [3.8, 4) is 5.75 Å². The number of halogens is 1. The summed E-state index contributed by atoms with van der Waals surface area (Å²) in [5, 5.41) is 0.658. The minimum Gasteiger partial charge on any atom is -0.496 e. The lowest BCUT2D eigenvalue weighted by Gasteiger charge is -2.22. The Morgan fingerprint density at radius 1 is 1.10 bits per heavy atom. The van der Waals surface area contributed by atoms with Crippen LogP contribution in [0.5, 0.6) is 5.75 Å². The molecule has 2 aromatic rings. The van der Waals surface area contributed by atoms with Crippen molar-refractivity contribution >= 4 is 11.6 Å². The van der Waals surface area contributed by atoms with Crippen molar-refractivity contribution in [1.29, 1.82) is 0 Å². The average Bonchev–Trinajstić information content (AvgIpc) is 2.42. The fourth-order valence-corrected chi connectivity index (χ4v) is 2.61. The highest BCUT2D eigenvalue weighted by Gasteiger charge is 2.19. The van der Waals surface area contributed by atoms with Crippen LogP contribution in [0.4, 0.5) is 0 Å². The van der Waals surface area contributed by atoms with Gasteiger partial charge in [-0.15, -0.1) is 0 Å². The molecule has 0 aliphatic heterocycles. The van der Waals surface area contributed by atoms with E-state index in [0.29, 0.717) is 5.02 Å². The van der Waals surface area contributed by atoms with Gasteiger partial charge in [-0.3, -0.25) is 5.84 Å². The highest BCUT2D eigenvalue weighted by Crippen LogP contribution is 2.33. The second-order valence-electron chi connectivity index (χ2n) is 4.85. The number of hydrogen-bond donors (Lipinski definition) is 2. The first-order valence-electron chi connectivity index (χ1n) is 6.43. The summed E-state index contributed by atoms with van der Waals surface area (Å²) in [6, 6.07) is 11.7. The van der Waals surface area contributed by atoms with Gasteiger partial charge in [-0.05, 0) is 43.2 Å². The third-order valence-corrected chi connectivity index (χ3v) is 3.64. The molecule has 3 nitrogen and oxygen atoms in total. The number of aryl methyl sites for hydroxylation is 2. The van der Waals surface area contributed by atoms with E-state index in [1.807, 2.05) is 12.1 Å². The van der Waals surface area contributed by atoms with Gasteiger partial charge in [0.15, 0.2) is 0 Å². The Balaban J connectivity index is 2.54. The maximum absolute atomic E-state index is 6.10. The lowest BCUT2D eigenvalue weighted by atomic mass is 9.94. The first-order valence-corrected chi connectivity index (χ1v) is 6.81. The predicted molar refractivity (Wildman–Crippen MR) is 83.1 cm³/mol. The van der Waals surface area contributed by atoms with E-state index < -0.39 is 0 Å². The van der Waals surface area contributed by atoms with E-state index in [0.717, 1.165) is 16.9 Å². The van der Waals surface area contributed by atoms with Crippen molar-refractivity contribution < 1.29 is 4.74 Å². The summed E-state index contributed by atoms with van der Waals surface area (Å²) in [6.07, 6.45) is 0. The molecule has 0 aliphatic carbocycles. The van der Waals surface area contributed by atoms with Gasteiger partial charge in [0, 0.05) is 10.6 Å². The minimum absolute atomic E-state index is 0.163. The van der Waals surface area contributed by atoms with Crippen LogP contribution in [0.15, 0.2) is 36.4 Å². The highest BCUT2D eigenvalue weighted by molar-refractivity contribution is 6.30. The number of hydrazine groups is 1. The summed E-state index contributed by atoms with van der Waals surface area (Å²) in [7, 11) is 1.64. The molecule has 0 spiro atoms. The standard InChI is InChI=1S/C16H19ClN2O/c1-10-4-6-13(11(2)8-10)16(19-18)14-9-12(17)5-7-15(14)20-3/h4-9,16,19H,18H2,1-3H3. The Bertz CT molecular complexity index is 613. The largest absolute Gasteiger partial charge is 0.496 e. The zero-order chi connectivity index (χ0) is 14.7. The molecule has 0 amide bonds. The molecule has 2 rings (SSSR count). The second-order valence-corrected chi connectivity index (χ2v) is 5.28. The number of ether oxygens (including phenoxy) is 1. The van der Waals surface area contributed by atoms with Gasteiger partial charge < -0.3 is 4.74 Å². The van der Waals surface area contributed by atoms with E-state index in [-0.39, 0.29) is 6.04 Å². The Hall–Kier alpha value is -1.55. The first kappa shape index (κ1) is 14.9. The molecule has 20 heavy (non-hydrogen) atoms. The number of rotatable bonds is 4. The number of nitrogens with two attached hydrogens (primary N) is 1. The van der Waals surface area contributed by atoms with E-state index in [1.54, 1.807) is 13.2 Å². The number of benzene rings is 2. The summed E-state index contributed by atoms with van der Waals surface area (Å²) < 4.78 is 5.41. The van der Waals surface area contributed by atoms with Gasteiger partial charge >= 0.3 is 0 Å². The Morgan fingerprint density at radius 2 is 1.85 bits per heavy atom. The molecule has 1 atom stereocenters. The summed E-state index contributed by atoms with van der Waals surface area (Å²) in [6.45, 7) is 4.14. The van der Waals surface area contributed by atoms with Crippen LogP contribution in [0, 0.1) is 13.8 Å². The Morgan fingerprint density at radius 3 is 2.45 bits per heavy atom. The van der Waals surface area contributed by atoms with Crippen LogP contribution < -0.4 is 16.0 Å². The molecule has 0 radical (unpaired) electrons. The summed E-state index contributed by atoms with van der Waals surface area (Å²) >= 11 is 6.10. The minimum atomic E-state index is -0.163. The van der Waals surface area contributed by atoms with Crippen LogP contribution in [0.2, 0.25) is 5.02 Å². The van der Waals surface area contributed by atoms with E-state index in [2.05, 4.69) is 37.5 Å². The van der Waals surface area contributed by atoms with Crippen LogP contribution in [0.1, 0.15) is 28.3 Å². The smallest absolute Gasteiger partial charge is 0.124 e. The summed E-state index contributed by atoms with van der Waals surface area (Å²) in [4.78, 5) is 0. The SMILES string of the molecule is COc1ccc(Cl)cc1C(NN)c1ccc(C)cc1C. The van der Waals surface area contributed by atoms with E-state index in [4.69, 9.17) is 22.2 Å². The van der Waals surface area contributed by atoms with E-state index >= 15 is 0 Å². The monoisotopic (exact) mass is 290 g/mol. The van der Waals surface area contributed by atoms with E-state index in [1.165, 1.54) is 11.1 Å². The third kappa shape index (κ3) is 2.96. The lowest BCUT2D eigenvalue weighted by molar-refractivity contribution is 0.404. The number of nitrogens with one attached hydrogen (secondary N) is 1. The average molecular weight is 291 g/mol. The van der Waals surface area contributed by atoms with Crippen LogP contribution in [-0.2, 0) is 0 Å². The maximum atomic E-state index is 6.10. The molecular weight excluding hydrogens is 272 g/mol. The lowest BCUT2D eigenvalue weighted by Crippen LogP contribution is -2.29. The quantitative estimate of drug-likeness (QED) is 0.669. The molecule has 106 valence electrons. The van der Waals surface area contributed by atoms with Gasteiger partial charge in [-0.25, -0.2) is 5.43 Å². The second kappa shape index (κ2) is 6.27. The highest BCUT2D eigenvalue weighted by atomic mass is 35.5. The molecule has 1 unspecified atom stereocenters. The van der Waals surface area contributed by atoms with Crippen LogP contribution in [0.25, 0.3) is 0 Å². The molecule has 0 aliphatic rings. The molecule has 0 saturated heterocycles. The fourth-order valence-electron chi connectivity index (χ4n) is 2.43. The van der Waals surface area contributed by atoms with Gasteiger partial charge in [0.1, 0.15) is 5.75 Å². The van der Waals surface area contributed by atoms with Crippen molar-refractivity contribution in [3.05, 3.63) is 63.7 Å². The molecule has 0 fully saturated rings. The molecular formula is C16H19ClN2O. The number of methoxy groups -OCH3 is 1. The third-order valence-electron chi connectivity index (χ3n) is 3.41. The molecule has 0 saturated carbocycles.